The SMILES string of the molecule is CC(=O)N[C@H]1[C@H](OC[C@H]2O[C@H](O[C@H](C)[C@H](NC(=O)[C@H](CCC(=O)O)NC(=O)[C@@H]3CCCN3C(=O)[C@H](CC(C)C)NC(=O)[C@H](Cc3ccccc3)NC(=O)[C@H](CC(=O)O)NC(=O)[C@H](Cc3ccc(OS(=O)(=O)O)cc3)N=C(C)[O-])C(=O)N[C@@H](CCC(=O)O)C(N)=O)[C@H](NC(C)=O)[C@@H](O)[C@H]2O)O[C@H](CO)[C@@H](O[C@@H]2O[C@H](CO)[C@H](O)[C@H](O)[C@H]2O)[C@@H]1O. The normalized spacial score (nSPS) is 26.7. The molecule has 0 bridgehead atoms. The second-order valence-electron chi connectivity index (χ2n) is 28.9. The predicted octanol–water partition coefficient (Wildman–Crippen LogP) is -9.42. The first-order valence-corrected chi connectivity index (χ1v) is 38.6. The molecule has 46 nitrogen and oxygen atoms in total. The molecule has 2 aromatic rings. The zero-order valence-electron chi connectivity index (χ0n) is 64.7. The maximum Gasteiger partial charge on any atom is 0.446 e. The van der Waals surface area contributed by atoms with E-state index in [1.165, 1.54) is 12.1 Å². The molecule has 24 atom stereocenters. The fourth-order valence-electron chi connectivity index (χ4n) is 13.3. The fourth-order valence-corrected chi connectivity index (χ4v) is 13.7. The number of hydrogen-bond acceptors (Lipinski definition) is 32. The zero-order valence-corrected chi connectivity index (χ0v) is 65.5. The summed E-state index contributed by atoms with van der Waals surface area (Å²) in [7, 11) is -4.93. The molecular weight excluding hydrogens is 1600 g/mol. The minimum atomic E-state index is -4.93. The van der Waals surface area contributed by atoms with Crippen LogP contribution in [0.3, 0.4) is 0 Å². The van der Waals surface area contributed by atoms with Gasteiger partial charge in [-0.3, -0.25) is 71.9 Å². The summed E-state index contributed by atoms with van der Waals surface area (Å²) in [6.45, 7) is 4.33. The maximum absolute atomic E-state index is 15.0. The number of aliphatic hydroxyl groups is 8. The Hall–Kier alpha value is -9.83. The lowest BCUT2D eigenvalue weighted by Gasteiger charge is -2.48. The standard InChI is InChI=1S/C71H103N11O35S/c1-30(2)23-43(80-64(103)41(24-35-11-8-7-9-12-35)78-65(104)42(26-50(92)93)79-63(102)40(73-32(4)85)25-36-14-16-37(17-15-36)117-118(108,109)110)68(107)82-22-10-13-44(82)66(105)77-39(19-21-49(90)91)62(101)81-51(67(106)76-38(61(72)100)18-20-48(88)89)31(3)112-70-52(74-33(5)86)56(96)55(95)47(115-70)29-111-69-53(75-34(6)87)57(97)60(46(28-84)114-69)116-71-59(99)58(98)54(94)45(27-83)113-71/h7-9,11-12,14-17,30-31,38-47,51-60,69-71,83-84,94-99H,10,13,18-29H2,1-6H3,(H2,72,100)(H,73,85)(H,74,86)(H,75,87)(H,76,106)(H,77,105)(H,78,104)(H,79,102)(H,80,103)(H,81,101)(H,88,89)(H,90,91)(H,92,93)(H,108,109,110)/p-1/t31-,38+,39+,40+,41+,42+,43+,44+,45-,46-,47-,51+,52-,53-,54+,55+,56-,57-,58+,59-,60-,69-,70+,71+/m1/s1. The Kier molecular flexibility index (Phi) is 36.8. The molecule has 118 heavy (non-hydrogen) atoms. The van der Waals surface area contributed by atoms with Crippen LogP contribution < -0.4 is 57.6 Å². The number of aliphatic hydroxyl groups excluding tert-OH is 8. The summed E-state index contributed by atoms with van der Waals surface area (Å²) in [4.78, 5) is 182. The van der Waals surface area contributed by atoms with Crippen LogP contribution in [0.5, 0.6) is 5.75 Å². The van der Waals surface area contributed by atoms with E-state index in [4.69, 9.17) is 38.7 Å². The van der Waals surface area contributed by atoms with Crippen molar-refractivity contribution < 1.29 is 169 Å². The summed E-state index contributed by atoms with van der Waals surface area (Å²) in [6.07, 6.45) is -31.7. The van der Waals surface area contributed by atoms with Gasteiger partial charge in [-0.1, -0.05) is 56.3 Å². The summed E-state index contributed by atoms with van der Waals surface area (Å²) in [5.41, 5.74) is 6.22. The third-order valence-corrected chi connectivity index (χ3v) is 19.5. The molecule has 6 rings (SSSR count). The molecule has 0 radical (unpaired) electrons. The van der Waals surface area contributed by atoms with Crippen LogP contribution in [0.1, 0.15) is 104 Å². The second kappa shape index (κ2) is 44.8. The third-order valence-electron chi connectivity index (χ3n) is 19.1. The number of likely N-dealkylation sites (tertiary alicyclic amines) is 1. The average molecular weight is 1700 g/mol. The number of carboxylic acid groups (broad SMARTS) is 3. The number of primary amides is 1. The largest absolute Gasteiger partial charge is 0.862 e. The summed E-state index contributed by atoms with van der Waals surface area (Å²) >= 11 is 0. The lowest BCUT2D eigenvalue weighted by atomic mass is 9.95. The van der Waals surface area contributed by atoms with Gasteiger partial charge in [-0.15, -0.1) is 0 Å². The molecule has 4 heterocycles. The lowest BCUT2D eigenvalue weighted by Crippen LogP contribution is -2.68. The number of carbonyl (C=O) groups is 13. The Labute approximate surface area is 674 Å². The molecule has 4 aliphatic rings. The monoisotopic (exact) mass is 1700 g/mol. The van der Waals surface area contributed by atoms with Crippen LogP contribution in [0.2, 0.25) is 0 Å². The number of nitrogens with zero attached hydrogens (tertiary/aromatic N) is 2. The molecule has 658 valence electrons. The van der Waals surface area contributed by atoms with E-state index in [9.17, 15) is 127 Å². The highest BCUT2D eigenvalue weighted by Gasteiger charge is 2.54. The molecule has 4 aliphatic heterocycles. The minimum Gasteiger partial charge on any atom is -0.862 e. The van der Waals surface area contributed by atoms with Crippen LogP contribution in [0.4, 0.5) is 0 Å². The predicted molar refractivity (Wildman–Crippen MR) is 393 cm³/mol. The van der Waals surface area contributed by atoms with E-state index >= 15 is 4.79 Å². The number of rotatable bonds is 43. The molecule has 0 saturated carbocycles. The number of nitrogens with two attached hydrogens (primary N) is 1. The molecule has 0 aromatic heterocycles. The molecular formula is C71H102N11O35S-. The van der Waals surface area contributed by atoms with Gasteiger partial charge >= 0.3 is 28.3 Å². The molecule has 0 spiro atoms. The van der Waals surface area contributed by atoms with Crippen LogP contribution >= 0.6 is 0 Å². The summed E-state index contributed by atoms with van der Waals surface area (Å²) in [5.74, 6) is -17.6. The van der Waals surface area contributed by atoms with Crippen LogP contribution in [0, 0.1) is 5.92 Å². The van der Waals surface area contributed by atoms with Gasteiger partial charge in [0.15, 0.2) is 18.9 Å². The molecule has 4 saturated heterocycles. The topological polar surface area (TPSA) is 724 Å². The Morgan fingerprint density at radius 1 is 0.593 bits per heavy atom. The Balaban J connectivity index is 1.25. The number of aliphatic carboxylic acids is 3. The summed E-state index contributed by atoms with van der Waals surface area (Å²) in [5, 5.41) is 147. The number of nitrogens with one attached hydrogen (secondary N) is 8. The molecule has 0 unspecified atom stereocenters. The van der Waals surface area contributed by atoms with Crippen LogP contribution in [0.15, 0.2) is 59.6 Å². The van der Waals surface area contributed by atoms with E-state index < -0.39 is 304 Å². The van der Waals surface area contributed by atoms with Gasteiger partial charge in [0.1, 0.15) is 127 Å². The van der Waals surface area contributed by atoms with Crippen molar-refractivity contribution in [3.8, 4) is 5.75 Å². The first-order valence-electron chi connectivity index (χ1n) is 37.2. The molecule has 2 aromatic carbocycles. The van der Waals surface area contributed by atoms with Crippen LogP contribution in [-0.4, -0.2) is 330 Å². The van der Waals surface area contributed by atoms with Crippen molar-refractivity contribution in [2.75, 3.05) is 26.4 Å². The molecule has 47 heteroatoms. The van der Waals surface area contributed by atoms with Gasteiger partial charge in [-0.2, -0.15) is 8.42 Å². The van der Waals surface area contributed by atoms with Gasteiger partial charge in [0, 0.05) is 46.1 Å². The van der Waals surface area contributed by atoms with Crippen molar-refractivity contribution in [3.05, 3.63) is 65.7 Å². The van der Waals surface area contributed by atoms with Crippen LogP contribution in [0.25, 0.3) is 0 Å². The van der Waals surface area contributed by atoms with Crippen LogP contribution in [-0.2, 0) is 114 Å². The quantitative estimate of drug-likeness (QED) is 0.0167. The zero-order chi connectivity index (χ0) is 87.9. The van der Waals surface area contributed by atoms with Gasteiger partial charge in [0.2, 0.25) is 59.1 Å². The maximum atomic E-state index is 15.0. The third kappa shape index (κ3) is 28.7. The Morgan fingerprint density at radius 3 is 1.69 bits per heavy atom. The van der Waals surface area contributed by atoms with Crippen molar-refractivity contribution in [1.29, 1.82) is 0 Å². The van der Waals surface area contributed by atoms with Crippen molar-refractivity contribution in [2.24, 2.45) is 16.6 Å². The van der Waals surface area contributed by atoms with E-state index in [1.807, 2.05) is 0 Å². The number of aliphatic imine (C=N–C) groups is 1. The Morgan fingerprint density at radius 2 is 1.13 bits per heavy atom. The van der Waals surface area contributed by atoms with E-state index in [1.54, 1.807) is 44.2 Å². The lowest BCUT2D eigenvalue weighted by molar-refractivity contribution is -0.352. The summed E-state index contributed by atoms with van der Waals surface area (Å²) in [6, 6.07) is -5.30. The number of carboxylic acids is 3. The first-order chi connectivity index (χ1) is 55.4. The van der Waals surface area contributed by atoms with E-state index in [0.29, 0.717) is 5.56 Å². The molecule has 22 N–H and O–H groups in total. The molecule has 0 aliphatic carbocycles. The van der Waals surface area contributed by atoms with Gasteiger partial charge in [-0.05, 0) is 81.0 Å². The molecule has 4 fully saturated rings. The highest BCUT2D eigenvalue weighted by atomic mass is 32.3. The van der Waals surface area contributed by atoms with Crippen molar-refractivity contribution in [2.45, 2.75) is 252 Å². The number of carbonyl (C=O) groups excluding carboxylic acids is 10. The van der Waals surface area contributed by atoms with Gasteiger partial charge in [0.05, 0.1) is 32.3 Å². The first kappa shape index (κ1) is 97.0. The smallest absolute Gasteiger partial charge is 0.446 e. The number of hydrogen-bond donors (Lipinski definition) is 21. The number of amides is 10. The second-order valence-corrected chi connectivity index (χ2v) is 29.9. The van der Waals surface area contributed by atoms with E-state index in [-0.39, 0.29) is 43.5 Å². The van der Waals surface area contributed by atoms with Crippen molar-refractivity contribution in [1.82, 2.24) is 47.4 Å². The summed E-state index contributed by atoms with van der Waals surface area (Å²) < 4.78 is 71.1. The molecule has 10 amide bonds. The number of benzene rings is 2. The van der Waals surface area contributed by atoms with E-state index in [2.05, 4.69) is 51.7 Å². The van der Waals surface area contributed by atoms with Gasteiger partial charge < -0.3 is 147 Å². The van der Waals surface area contributed by atoms with Gasteiger partial charge in [-0.25, -0.2) is 0 Å². The van der Waals surface area contributed by atoms with Crippen molar-refractivity contribution in [3.63, 3.8) is 0 Å². The Bertz CT molecular complexity index is 3960. The highest BCUT2D eigenvalue weighted by Crippen LogP contribution is 2.32. The van der Waals surface area contributed by atoms with E-state index in [0.717, 1.165) is 44.7 Å². The fraction of sp³-hybridized carbons (Fsp3) is 0.634. The highest BCUT2D eigenvalue weighted by molar-refractivity contribution is 7.81. The van der Waals surface area contributed by atoms with Crippen molar-refractivity contribution >= 4 is 93.3 Å². The minimum absolute atomic E-state index is 0.0913. The number of ether oxygens (including phenoxy) is 6. The average Bonchev–Trinajstić information content (AvgIpc) is 1.06. The van der Waals surface area contributed by atoms with Gasteiger partial charge in [0.25, 0.3) is 0 Å².